The third kappa shape index (κ3) is 1.97. The number of rotatable bonds is 2. The van der Waals surface area contributed by atoms with Gasteiger partial charge < -0.3 is 5.32 Å². The van der Waals surface area contributed by atoms with Gasteiger partial charge in [-0.2, -0.15) is 0 Å². The molecule has 11 heavy (non-hydrogen) atoms. The third-order valence-electron chi connectivity index (χ3n) is 1.82. The summed E-state index contributed by atoms with van der Waals surface area (Å²) in [6.45, 7) is 4.39. The monoisotopic (exact) mass is 148 g/mol. The molecule has 0 amide bonds. The predicted molar refractivity (Wildman–Crippen MR) is 49.5 cm³/mol. The molecule has 0 fully saturated rings. The Morgan fingerprint density at radius 1 is 1.09 bits per heavy atom. The molecule has 0 heterocycles. The molecule has 0 aliphatic rings. The van der Waals surface area contributed by atoms with E-state index >= 15 is 0 Å². The molecule has 1 heteroatoms. The van der Waals surface area contributed by atoms with Crippen molar-refractivity contribution in [2.45, 2.75) is 19.8 Å². The summed E-state index contributed by atoms with van der Waals surface area (Å²) in [5.41, 5.74) is 2.42. The molecule has 0 aliphatic heterocycles. The number of benzene rings is 1. The maximum atomic E-state index is 4.07. The fraction of sp³-hybridized carbons (Fsp3) is 0.400. The van der Waals surface area contributed by atoms with E-state index in [1.807, 2.05) is 7.05 Å². The third-order valence-corrected chi connectivity index (χ3v) is 1.82. The Balaban J connectivity index is 2.83. The van der Waals surface area contributed by atoms with Crippen LogP contribution < -0.4 is 0 Å². The van der Waals surface area contributed by atoms with Gasteiger partial charge in [-0.1, -0.05) is 38.1 Å². The summed E-state index contributed by atoms with van der Waals surface area (Å²) in [4.78, 5) is 0. The Kier molecular flexibility index (Phi) is 2.53. The molecule has 0 atom stereocenters. The zero-order chi connectivity index (χ0) is 8.27. The number of nitrogens with zero attached hydrogens (tertiary/aromatic N) is 1. The second-order valence-electron chi connectivity index (χ2n) is 2.97. The van der Waals surface area contributed by atoms with Crippen LogP contribution in [0.3, 0.4) is 0 Å². The molecule has 1 aromatic rings. The first-order valence-electron chi connectivity index (χ1n) is 3.94. The summed E-state index contributed by atoms with van der Waals surface area (Å²) in [6.07, 6.45) is 0. The highest BCUT2D eigenvalue weighted by Gasteiger charge is 1.94. The molecule has 0 N–H and O–H groups in total. The molecule has 0 aromatic heterocycles. The maximum Gasteiger partial charge on any atom is -0.0219 e. The molecule has 1 rings (SSSR count). The van der Waals surface area contributed by atoms with Gasteiger partial charge in [0, 0.05) is 0 Å². The van der Waals surface area contributed by atoms with Crippen molar-refractivity contribution in [2.75, 3.05) is 7.05 Å². The van der Waals surface area contributed by atoms with Crippen LogP contribution in [0, 0.1) is 0 Å². The van der Waals surface area contributed by atoms with Crippen LogP contribution in [-0.4, -0.2) is 7.05 Å². The second-order valence-corrected chi connectivity index (χ2v) is 2.97. The average molecular weight is 148 g/mol. The van der Waals surface area contributed by atoms with Gasteiger partial charge >= 0.3 is 0 Å². The van der Waals surface area contributed by atoms with E-state index in [2.05, 4.69) is 43.4 Å². The minimum atomic E-state index is 0.612. The summed E-state index contributed by atoms with van der Waals surface area (Å²) in [6, 6.07) is 8.37. The topological polar surface area (TPSA) is 14.1 Å². The fourth-order valence-corrected chi connectivity index (χ4v) is 1.01. The predicted octanol–water partition coefficient (Wildman–Crippen LogP) is 3.45. The molecule has 60 valence electrons. The van der Waals surface area contributed by atoms with Crippen LogP contribution in [0.4, 0.5) is 5.69 Å². The van der Waals surface area contributed by atoms with E-state index in [4.69, 9.17) is 0 Å². The van der Waals surface area contributed by atoms with Gasteiger partial charge in [0.1, 0.15) is 0 Å². The van der Waals surface area contributed by atoms with Crippen molar-refractivity contribution in [3.05, 3.63) is 35.1 Å². The Hall–Kier alpha value is -0.980. The molecular formula is C10H14N-. The summed E-state index contributed by atoms with van der Waals surface area (Å²) >= 11 is 0. The minimum Gasteiger partial charge on any atom is -0.687 e. The van der Waals surface area contributed by atoms with E-state index < -0.39 is 0 Å². The lowest BCUT2D eigenvalue weighted by atomic mass is 10.0. The Morgan fingerprint density at radius 2 is 1.64 bits per heavy atom. The molecule has 0 unspecified atom stereocenters. The largest absolute Gasteiger partial charge is 0.687 e. The van der Waals surface area contributed by atoms with Crippen LogP contribution in [0.25, 0.3) is 5.32 Å². The first-order valence-corrected chi connectivity index (χ1v) is 3.94. The van der Waals surface area contributed by atoms with Gasteiger partial charge in [0.25, 0.3) is 0 Å². The lowest BCUT2D eigenvalue weighted by Gasteiger charge is -2.14. The number of hydrogen-bond acceptors (Lipinski definition) is 0. The van der Waals surface area contributed by atoms with Gasteiger partial charge in [0.2, 0.25) is 0 Å². The van der Waals surface area contributed by atoms with Crippen LogP contribution in [0.15, 0.2) is 24.3 Å². The lowest BCUT2D eigenvalue weighted by molar-refractivity contribution is 0.867. The summed E-state index contributed by atoms with van der Waals surface area (Å²) < 4.78 is 0. The van der Waals surface area contributed by atoms with Gasteiger partial charge in [-0.25, -0.2) is 0 Å². The van der Waals surface area contributed by atoms with Crippen molar-refractivity contribution in [1.29, 1.82) is 0 Å². The Morgan fingerprint density at radius 3 is 2.00 bits per heavy atom. The van der Waals surface area contributed by atoms with Crippen LogP contribution in [0.1, 0.15) is 25.3 Å². The van der Waals surface area contributed by atoms with Gasteiger partial charge in [0.05, 0.1) is 0 Å². The molecule has 0 saturated carbocycles. The zero-order valence-corrected chi connectivity index (χ0v) is 7.33. The minimum absolute atomic E-state index is 0.612. The highest BCUT2D eigenvalue weighted by molar-refractivity contribution is 5.48. The van der Waals surface area contributed by atoms with E-state index in [-0.39, 0.29) is 0 Å². The maximum absolute atomic E-state index is 4.07. The first kappa shape index (κ1) is 8.12. The van der Waals surface area contributed by atoms with Crippen molar-refractivity contribution in [3.8, 4) is 0 Å². The highest BCUT2D eigenvalue weighted by atomic mass is 14.8. The average Bonchev–Trinajstić information content (AvgIpc) is 2.05. The van der Waals surface area contributed by atoms with Crippen molar-refractivity contribution in [2.24, 2.45) is 0 Å². The van der Waals surface area contributed by atoms with Gasteiger partial charge in [-0.15, -0.1) is 12.7 Å². The summed E-state index contributed by atoms with van der Waals surface area (Å²) in [5.74, 6) is 0.612. The Labute approximate surface area is 68.4 Å². The molecular weight excluding hydrogens is 134 g/mol. The van der Waals surface area contributed by atoms with Crippen LogP contribution in [-0.2, 0) is 0 Å². The van der Waals surface area contributed by atoms with Crippen molar-refractivity contribution < 1.29 is 0 Å². The van der Waals surface area contributed by atoms with Gasteiger partial charge in [-0.05, 0) is 11.5 Å². The van der Waals surface area contributed by atoms with Crippen LogP contribution in [0.5, 0.6) is 0 Å². The summed E-state index contributed by atoms with van der Waals surface area (Å²) in [5, 5.41) is 4.07. The van der Waals surface area contributed by atoms with E-state index in [1.165, 1.54) is 5.56 Å². The van der Waals surface area contributed by atoms with Gasteiger partial charge in [0.15, 0.2) is 0 Å². The lowest BCUT2D eigenvalue weighted by Crippen LogP contribution is -1.84. The summed E-state index contributed by atoms with van der Waals surface area (Å²) in [7, 11) is 1.81. The normalized spacial score (nSPS) is 10.2. The van der Waals surface area contributed by atoms with Crippen molar-refractivity contribution >= 4 is 5.69 Å². The van der Waals surface area contributed by atoms with Gasteiger partial charge in [-0.3, -0.25) is 0 Å². The van der Waals surface area contributed by atoms with E-state index in [0.717, 1.165) is 5.69 Å². The highest BCUT2D eigenvalue weighted by Crippen LogP contribution is 2.20. The van der Waals surface area contributed by atoms with Crippen molar-refractivity contribution in [3.63, 3.8) is 0 Å². The SMILES string of the molecule is C[N-]c1ccc(C(C)C)cc1. The second kappa shape index (κ2) is 3.42. The quantitative estimate of drug-likeness (QED) is 0.610. The molecule has 0 bridgehead atoms. The van der Waals surface area contributed by atoms with Crippen LogP contribution >= 0.6 is 0 Å². The Bertz CT molecular complexity index is 211. The molecule has 1 aromatic carbocycles. The number of hydrogen-bond donors (Lipinski definition) is 0. The molecule has 0 aliphatic carbocycles. The van der Waals surface area contributed by atoms with E-state index in [0.29, 0.717) is 5.92 Å². The fourth-order valence-electron chi connectivity index (χ4n) is 1.01. The molecule has 0 saturated heterocycles. The standard InChI is InChI=1S/C10H14N/c1-8(2)9-4-6-10(11-3)7-5-9/h4-8H,1-3H3/q-1. The first-order chi connectivity index (χ1) is 5.24. The van der Waals surface area contributed by atoms with E-state index in [1.54, 1.807) is 0 Å². The van der Waals surface area contributed by atoms with E-state index in [9.17, 15) is 0 Å². The smallest absolute Gasteiger partial charge is 0.0219 e. The van der Waals surface area contributed by atoms with Crippen molar-refractivity contribution in [1.82, 2.24) is 0 Å². The molecule has 0 radical (unpaired) electrons. The zero-order valence-electron chi connectivity index (χ0n) is 7.33. The van der Waals surface area contributed by atoms with Crippen LogP contribution in [0.2, 0.25) is 0 Å². The molecule has 1 nitrogen and oxygen atoms in total. The molecule has 0 spiro atoms.